The summed E-state index contributed by atoms with van der Waals surface area (Å²) in [4.78, 5) is 4.25. The summed E-state index contributed by atoms with van der Waals surface area (Å²) in [5, 5.41) is 11.0. The molecule has 2 rings (SSSR count). The van der Waals surface area contributed by atoms with Crippen molar-refractivity contribution in [3.05, 3.63) is 35.7 Å². The van der Waals surface area contributed by atoms with Crippen LogP contribution in [0.25, 0.3) is 0 Å². The Bertz CT molecular complexity index is 724. The van der Waals surface area contributed by atoms with Crippen molar-refractivity contribution in [2.45, 2.75) is 26.8 Å². The molecule has 25 heavy (non-hydrogen) atoms. The Morgan fingerprint density at radius 3 is 2.52 bits per heavy atom. The summed E-state index contributed by atoms with van der Waals surface area (Å²) in [6, 6.07) is 7.74. The molecule has 2 N–H and O–H groups in total. The molecule has 0 spiro atoms. The number of rotatable bonds is 7. The Morgan fingerprint density at radius 1 is 1.16 bits per heavy atom. The number of hydrogen-bond acceptors (Lipinski definition) is 4. The molecule has 0 saturated carbocycles. The molecule has 7 nitrogen and oxygen atoms in total. The Balaban J connectivity index is 1.85. The minimum Gasteiger partial charge on any atom is -0.493 e. The van der Waals surface area contributed by atoms with Gasteiger partial charge in [0.05, 0.1) is 19.9 Å². The molecule has 2 aromatic rings. The Hall–Kier alpha value is -2.70. The first kappa shape index (κ1) is 18.6. The highest BCUT2D eigenvalue weighted by Crippen LogP contribution is 2.29. The van der Waals surface area contributed by atoms with Gasteiger partial charge in [-0.15, -0.1) is 0 Å². The van der Waals surface area contributed by atoms with E-state index in [2.05, 4.69) is 33.7 Å². The minimum absolute atomic E-state index is 0.674. The highest BCUT2D eigenvalue weighted by atomic mass is 16.5. The van der Waals surface area contributed by atoms with Gasteiger partial charge in [0, 0.05) is 37.6 Å². The monoisotopic (exact) mass is 345 g/mol. The van der Waals surface area contributed by atoms with Gasteiger partial charge in [0.25, 0.3) is 0 Å². The molecule has 136 valence electrons. The maximum atomic E-state index is 5.32. The lowest BCUT2D eigenvalue weighted by Crippen LogP contribution is -2.32. The van der Waals surface area contributed by atoms with E-state index < -0.39 is 0 Å². The van der Waals surface area contributed by atoms with E-state index in [0.29, 0.717) is 17.5 Å². The van der Waals surface area contributed by atoms with Gasteiger partial charge < -0.3 is 20.1 Å². The number of guanidine groups is 1. The van der Waals surface area contributed by atoms with Crippen LogP contribution in [0, 0.1) is 13.8 Å². The van der Waals surface area contributed by atoms with Crippen molar-refractivity contribution >= 4 is 11.6 Å². The topological polar surface area (TPSA) is 72.7 Å². The van der Waals surface area contributed by atoms with Gasteiger partial charge in [-0.3, -0.25) is 9.67 Å². The molecule has 0 aliphatic carbocycles. The summed E-state index contributed by atoms with van der Waals surface area (Å²) in [5.41, 5.74) is 3.12. The zero-order valence-electron chi connectivity index (χ0n) is 15.6. The summed E-state index contributed by atoms with van der Waals surface area (Å²) < 4.78 is 12.6. The predicted octanol–water partition coefficient (Wildman–Crippen LogP) is 2.59. The normalized spacial score (nSPS) is 11.3. The molecular weight excluding hydrogens is 318 g/mol. The van der Waals surface area contributed by atoms with Gasteiger partial charge in [0.2, 0.25) is 0 Å². The maximum absolute atomic E-state index is 5.32. The Morgan fingerprint density at radius 2 is 1.92 bits per heavy atom. The van der Waals surface area contributed by atoms with Gasteiger partial charge in [-0.1, -0.05) is 0 Å². The molecule has 0 fully saturated rings. The fourth-order valence-electron chi connectivity index (χ4n) is 2.57. The smallest absolute Gasteiger partial charge is 0.195 e. The van der Waals surface area contributed by atoms with Crippen molar-refractivity contribution < 1.29 is 9.47 Å². The number of ether oxygens (including phenoxy) is 2. The molecule has 0 aliphatic heterocycles. The van der Waals surface area contributed by atoms with Gasteiger partial charge in [-0.2, -0.15) is 5.10 Å². The van der Waals surface area contributed by atoms with E-state index in [0.717, 1.165) is 30.9 Å². The van der Waals surface area contributed by atoms with Crippen LogP contribution in [0.15, 0.2) is 29.3 Å². The second-order valence-electron chi connectivity index (χ2n) is 5.70. The molecule has 0 radical (unpaired) electrons. The molecule has 1 heterocycles. The standard InChI is InChI=1S/C18H27N5O2/c1-13-11-14(2)23(22-13)10-6-9-20-18(19-3)21-15-7-8-16(24-4)17(12-15)25-5/h7-8,11-12H,6,9-10H2,1-5H3,(H2,19,20,21). The molecule has 0 unspecified atom stereocenters. The largest absolute Gasteiger partial charge is 0.493 e. The molecule has 1 aromatic heterocycles. The summed E-state index contributed by atoms with van der Waals surface area (Å²) in [5.74, 6) is 2.08. The van der Waals surface area contributed by atoms with E-state index in [1.165, 1.54) is 5.69 Å². The van der Waals surface area contributed by atoms with Crippen LogP contribution < -0.4 is 20.1 Å². The first-order valence-corrected chi connectivity index (χ1v) is 8.28. The van der Waals surface area contributed by atoms with E-state index in [1.54, 1.807) is 21.3 Å². The van der Waals surface area contributed by atoms with Crippen molar-refractivity contribution in [1.29, 1.82) is 0 Å². The molecule has 0 amide bonds. The number of aryl methyl sites for hydroxylation is 3. The SMILES string of the molecule is CN=C(NCCCn1nc(C)cc1C)Nc1ccc(OC)c(OC)c1. The van der Waals surface area contributed by atoms with Crippen molar-refractivity contribution in [3.8, 4) is 11.5 Å². The fourth-order valence-corrected chi connectivity index (χ4v) is 2.57. The van der Waals surface area contributed by atoms with Crippen LogP contribution >= 0.6 is 0 Å². The second kappa shape index (κ2) is 8.96. The molecule has 0 aliphatic rings. The lowest BCUT2D eigenvalue weighted by molar-refractivity contribution is 0.355. The van der Waals surface area contributed by atoms with Crippen LogP contribution in [0.2, 0.25) is 0 Å². The third-order valence-electron chi connectivity index (χ3n) is 3.81. The number of methoxy groups -OCH3 is 2. The Labute approximate surface area is 149 Å². The number of aliphatic imine (C=N–C) groups is 1. The highest BCUT2D eigenvalue weighted by Gasteiger charge is 2.06. The zero-order chi connectivity index (χ0) is 18.2. The first-order chi connectivity index (χ1) is 12.1. The Kier molecular flexibility index (Phi) is 6.68. The van der Waals surface area contributed by atoms with Crippen LogP contribution in [-0.2, 0) is 6.54 Å². The summed E-state index contributed by atoms with van der Waals surface area (Å²) in [6.45, 7) is 5.76. The third kappa shape index (κ3) is 5.14. The van der Waals surface area contributed by atoms with Gasteiger partial charge in [0.1, 0.15) is 0 Å². The van der Waals surface area contributed by atoms with Crippen molar-refractivity contribution in [2.24, 2.45) is 4.99 Å². The minimum atomic E-state index is 0.674. The molecule has 0 bridgehead atoms. The van der Waals surface area contributed by atoms with Crippen LogP contribution in [0.5, 0.6) is 11.5 Å². The van der Waals surface area contributed by atoms with E-state index in [9.17, 15) is 0 Å². The zero-order valence-corrected chi connectivity index (χ0v) is 15.6. The predicted molar refractivity (Wildman–Crippen MR) is 101 cm³/mol. The van der Waals surface area contributed by atoms with Crippen LogP contribution in [-0.4, -0.2) is 43.6 Å². The van der Waals surface area contributed by atoms with E-state index in [4.69, 9.17) is 9.47 Å². The first-order valence-electron chi connectivity index (χ1n) is 8.28. The molecule has 0 saturated heterocycles. The number of benzene rings is 1. The average Bonchev–Trinajstić information content (AvgIpc) is 2.94. The van der Waals surface area contributed by atoms with Crippen LogP contribution in [0.4, 0.5) is 5.69 Å². The maximum Gasteiger partial charge on any atom is 0.195 e. The number of aromatic nitrogens is 2. The van der Waals surface area contributed by atoms with E-state index in [-0.39, 0.29) is 0 Å². The van der Waals surface area contributed by atoms with Gasteiger partial charge >= 0.3 is 0 Å². The molecular formula is C18H27N5O2. The summed E-state index contributed by atoms with van der Waals surface area (Å²) in [6.07, 6.45) is 0.953. The van der Waals surface area contributed by atoms with E-state index >= 15 is 0 Å². The number of anilines is 1. The summed E-state index contributed by atoms with van der Waals surface area (Å²) >= 11 is 0. The molecule has 7 heteroatoms. The van der Waals surface area contributed by atoms with Crippen molar-refractivity contribution in [2.75, 3.05) is 33.1 Å². The lowest BCUT2D eigenvalue weighted by atomic mass is 10.2. The second-order valence-corrected chi connectivity index (χ2v) is 5.70. The number of nitrogens with zero attached hydrogens (tertiary/aromatic N) is 3. The van der Waals surface area contributed by atoms with Crippen LogP contribution in [0.3, 0.4) is 0 Å². The van der Waals surface area contributed by atoms with Gasteiger partial charge in [-0.05, 0) is 38.5 Å². The average molecular weight is 345 g/mol. The summed E-state index contributed by atoms with van der Waals surface area (Å²) in [7, 11) is 4.99. The highest BCUT2D eigenvalue weighted by molar-refractivity contribution is 5.93. The number of nitrogens with one attached hydrogen (secondary N) is 2. The quantitative estimate of drug-likeness (QED) is 0.458. The molecule has 1 aromatic carbocycles. The van der Waals surface area contributed by atoms with Crippen molar-refractivity contribution in [1.82, 2.24) is 15.1 Å². The molecule has 0 atom stereocenters. The van der Waals surface area contributed by atoms with Gasteiger partial charge in [0.15, 0.2) is 17.5 Å². The van der Waals surface area contributed by atoms with E-state index in [1.807, 2.05) is 29.8 Å². The third-order valence-corrected chi connectivity index (χ3v) is 3.81. The van der Waals surface area contributed by atoms with Gasteiger partial charge in [-0.25, -0.2) is 0 Å². The number of hydrogen-bond donors (Lipinski definition) is 2. The fraction of sp³-hybridized carbons (Fsp3) is 0.444. The van der Waals surface area contributed by atoms with Crippen molar-refractivity contribution in [3.63, 3.8) is 0 Å². The van der Waals surface area contributed by atoms with Crippen LogP contribution in [0.1, 0.15) is 17.8 Å². The lowest BCUT2D eigenvalue weighted by Gasteiger charge is -2.14.